The van der Waals surface area contributed by atoms with Crippen LogP contribution in [0.3, 0.4) is 0 Å². The highest BCUT2D eigenvalue weighted by molar-refractivity contribution is 5.70. The van der Waals surface area contributed by atoms with Gasteiger partial charge in [-0.3, -0.25) is 4.79 Å². The smallest absolute Gasteiger partial charge is 0.306 e. The second-order valence-electron chi connectivity index (χ2n) is 5.44. The Balaban J connectivity index is 2.36. The molecule has 0 aliphatic carbocycles. The van der Waals surface area contributed by atoms with Gasteiger partial charge in [0, 0.05) is 12.5 Å². The molecule has 0 spiro atoms. The van der Waals surface area contributed by atoms with E-state index in [1.165, 1.54) is 0 Å². The number of esters is 1. The lowest BCUT2D eigenvalue weighted by atomic mass is 9.89. The van der Waals surface area contributed by atoms with Gasteiger partial charge in [-0.1, -0.05) is 0 Å². The van der Waals surface area contributed by atoms with Crippen LogP contribution < -0.4 is 5.32 Å². The third-order valence-electron chi connectivity index (χ3n) is 2.77. The molecule has 1 saturated heterocycles. The van der Waals surface area contributed by atoms with Gasteiger partial charge >= 0.3 is 5.97 Å². The van der Waals surface area contributed by atoms with Crippen molar-refractivity contribution in [3.8, 4) is 0 Å². The van der Waals surface area contributed by atoms with Gasteiger partial charge in [0.25, 0.3) is 0 Å². The number of carbonyl (C=O) groups is 1. The first-order valence-corrected chi connectivity index (χ1v) is 5.84. The summed E-state index contributed by atoms with van der Waals surface area (Å²) in [5.74, 6) is 0.372. The van der Waals surface area contributed by atoms with Crippen LogP contribution in [-0.2, 0) is 9.53 Å². The molecular formula is C12H23NO2. The van der Waals surface area contributed by atoms with Crippen LogP contribution in [0, 0.1) is 5.92 Å². The lowest BCUT2D eigenvalue weighted by Crippen LogP contribution is -2.40. The Morgan fingerprint density at radius 2 is 2.13 bits per heavy atom. The molecule has 1 N–H and O–H groups in total. The summed E-state index contributed by atoms with van der Waals surface area (Å²) in [6.07, 6.45) is 2.84. The standard InChI is InChI=1S/C12H23NO2/c1-9-10(6-5-7-13-9)8-11(14)15-12(2,3)4/h9-10,13H,5-8H2,1-4H3. The molecule has 15 heavy (non-hydrogen) atoms. The number of hydrogen-bond donors (Lipinski definition) is 1. The van der Waals surface area contributed by atoms with Crippen LogP contribution in [0.4, 0.5) is 0 Å². The van der Waals surface area contributed by atoms with Crippen LogP contribution in [0.25, 0.3) is 0 Å². The van der Waals surface area contributed by atoms with E-state index in [9.17, 15) is 4.79 Å². The Morgan fingerprint density at radius 3 is 2.67 bits per heavy atom. The summed E-state index contributed by atoms with van der Waals surface area (Å²) < 4.78 is 5.32. The molecule has 0 aromatic rings. The SMILES string of the molecule is CC1NCCCC1CC(=O)OC(C)(C)C. The zero-order valence-corrected chi connectivity index (χ0v) is 10.3. The van der Waals surface area contributed by atoms with Gasteiger partial charge in [0.2, 0.25) is 0 Å². The van der Waals surface area contributed by atoms with Crippen molar-refractivity contribution in [1.82, 2.24) is 5.32 Å². The van der Waals surface area contributed by atoms with Crippen LogP contribution >= 0.6 is 0 Å². The second-order valence-corrected chi connectivity index (χ2v) is 5.44. The van der Waals surface area contributed by atoms with E-state index in [-0.39, 0.29) is 11.6 Å². The lowest BCUT2D eigenvalue weighted by Gasteiger charge is -2.30. The molecule has 3 heteroatoms. The molecule has 0 radical (unpaired) electrons. The number of hydrogen-bond acceptors (Lipinski definition) is 3. The van der Waals surface area contributed by atoms with Gasteiger partial charge in [0.15, 0.2) is 0 Å². The first-order chi connectivity index (χ1) is 6.88. The monoisotopic (exact) mass is 213 g/mol. The molecule has 1 heterocycles. The summed E-state index contributed by atoms with van der Waals surface area (Å²) in [5.41, 5.74) is -0.359. The summed E-state index contributed by atoms with van der Waals surface area (Å²) in [5, 5.41) is 3.39. The maximum Gasteiger partial charge on any atom is 0.306 e. The van der Waals surface area contributed by atoms with E-state index in [4.69, 9.17) is 4.74 Å². The Bertz CT molecular complexity index is 220. The quantitative estimate of drug-likeness (QED) is 0.714. The van der Waals surface area contributed by atoms with Gasteiger partial charge < -0.3 is 10.1 Å². The van der Waals surface area contributed by atoms with Crippen LogP contribution in [0.1, 0.15) is 47.0 Å². The van der Waals surface area contributed by atoms with Gasteiger partial charge in [-0.2, -0.15) is 0 Å². The summed E-state index contributed by atoms with van der Waals surface area (Å²) in [4.78, 5) is 11.6. The van der Waals surface area contributed by atoms with E-state index < -0.39 is 0 Å². The fourth-order valence-corrected chi connectivity index (χ4v) is 1.99. The van der Waals surface area contributed by atoms with E-state index >= 15 is 0 Å². The minimum atomic E-state index is -0.359. The van der Waals surface area contributed by atoms with Crippen molar-refractivity contribution in [1.29, 1.82) is 0 Å². The molecule has 1 aliphatic heterocycles. The highest BCUT2D eigenvalue weighted by Crippen LogP contribution is 2.21. The average Bonchev–Trinajstić information content (AvgIpc) is 2.05. The summed E-state index contributed by atoms with van der Waals surface area (Å²) >= 11 is 0. The van der Waals surface area contributed by atoms with Crippen LogP contribution in [0.2, 0.25) is 0 Å². The fraction of sp³-hybridized carbons (Fsp3) is 0.917. The van der Waals surface area contributed by atoms with Crippen molar-refractivity contribution < 1.29 is 9.53 Å². The van der Waals surface area contributed by atoms with Crippen molar-refractivity contribution in [3.05, 3.63) is 0 Å². The van der Waals surface area contributed by atoms with Gasteiger partial charge in [0.05, 0.1) is 0 Å². The fourth-order valence-electron chi connectivity index (χ4n) is 1.99. The molecule has 3 nitrogen and oxygen atoms in total. The molecule has 1 fully saturated rings. The van der Waals surface area contributed by atoms with Crippen molar-refractivity contribution in [2.24, 2.45) is 5.92 Å². The van der Waals surface area contributed by atoms with E-state index in [0.717, 1.165) is 19.4 Å². The van der Waals surface area contributed by atoms with Crippen LogP contribution in [0.5, 0.6) is 0 Å². The van der Waals surface area contributed by atoms with Crippen molar-refractivity contribution >= 4 is 5.97 Å². The molecule has 0 aromatic heterocycles. The highest BCUT2D eigenvalue weighted by Gasteiger charge is 2.25. The lowest BCUT2D eigenvalue weighted by molar-refractivity contribution is -0.156. The predicted molar refractivity (Wildman–Crippen MR) is 60.7 cm³/mol. The normalized spacial score (nSPS) is 27.5. The van der Waals surface area contributed by atoms with Gasteiger partial charge in [-0.25, -0.2) is 0 Å². The minimum absolute atomic E-state index is 0.0666. The average molecular weight is 213 g/mol. The number of piperidine rings is 1. The molecule has 2 atom stereocenters. The van der Waals surface area contributed by atoms with Crippen LogP contribution in [0.15, 0.2) is 0 Å². The van der Waals surface area contributed by atoms with Crippen molar-refractivity contribution in [2.45, 2.75) is 58.6 Å². The number of nitrogens with one attached hydrogen (secondary N) is 1. The van der Waals surface area contributed by atoms with Gasteiger partial charge in [-0.05, 0) is 53.0 Å². The summed E-state index contributed by atoms with van der Waals surface area (Å²) in [6.45, 7) is 8.95. The zero-order valence-electron chi connectivity index (χ0n) is 10.3. The molecular weight excluding hydrogens is 190 g/mol. The Morgan fingerprint density at radius 1 is 1.47 bits per heavy atom. The minimum Gasteiger partial charge on any atom is -0.460 e. The maximum absolute atomic E-state index is 11.6. The van der Waals surface area contributed by atoms with E-state index in [0.29, 0.717) is 18.4 Å². The van der Waals surface area contributed by atoms with Gasteiger partial charge in [0.1, 0.15) is 5.60 Å². The zero-order chi connectivity index (χ0) is 11.5. The Labute approximate surface area is 92.6 Å². The number of ether oxygens (including phenoxy) is 1. The molecule has 0 aromatic carbocycles. The molecule has 2 unspecified atom stereocenters. The third kappa shape index (κ3) is 4.65. The molecule has 0 amide bonds. The summed E-state index contributed by atoms with van der Waals surface area (Å²) in [6, 6.07) is 0.436. The topological polar surface area (TPSA) is 38.3 Å². The van der Waals surface area contributed by atoms with Crippen molar-refractivity contribution in [3.63, 3.8) is 0 Å². The number of carbonyl (C=O) groups excluding carboxylic acids is 1. The second kappa shape index (κ2) is 4.97. The van der Waals surface area contributed by atoms with E-state index in [2.05, 4.69) is 12.2 Å². The van der Waals surface area contributed by atoms with Crippen LogP contribution in [-0.4, -0.2) is 24.2 Å². The first-order valence-electron chi connectivity index (χ1n) is 5.84. The van der Waals surface area contributed by atoms with E-state index in [1.54, 1.807) is 0 Å². The molecule has 1 rings (SSSR count). The summed E-state index contributed by atoms with van der Waals surface area (Å²) in [7, 11) is 0. The van der Waals surface area contributed by atoms with Crippen molar-refractivity contribution in [2.75, 3.05) is 6.54 Å². The Kier molecular flexibility index (Phi) is 4.14. The molecule has 0 bridgehead atoms. The number of rotatable bonds is 2. The maximum atomic E-state index is 11.6. The molecule has 0 saturated carbocycles. The highest BCUT2D eigenvalue weighted by atomic mass is 16.6. The molecule has 88 valence electrons. The van der Waals surface area contributed by atoms with Gasteiger partial charge in [-0.15, -0.1) is 0 Å². The van der Waals surface area contributed by atoms with E-state index in [1.807, 2.05) is 20.8 Å². The molecule has 1 aliphatic rings. The third-order valence-corrected chi connectivity index (χ3v) is 2.77. The Hall–Kier alpha value is -0.570. The predicted octanol–water partition coefficient (Wildman–Crippen LogP) is 2.11. The largest absolute Gasteiger partial charge is 0.460 e. The first kappa shape index (κ1) is 12.5.